The maximum absolute atomic E-state index is 12.1. The maximum atomic E-state index is 12.1. The molecule has 0 spiro atoms. The second-order valence-corrected chi connectivity index (χ2v) is 5.59. The van der Waals surface area contributed by atoms with Crippen LogP contribution in [0.3, 0.4) is 0 Å². The largest absolute Gasteiger partial charge is 0.497 e. The van der Waals surface area contributed by atoms with E-state index in [0.29, 0.717) is 17.7 Å². The highest BCUT2D eigenvalue weighted by Crippen LogP contribution is 2.12. The van der Waals surface area contributed by atoms with Crippen LogP contribution in [0.4, 0.5) is 5.69 Å². The van der Waals surface area contributed by atoms with Gasteiger partial charge < -0.3 is 15.4 Å². The van der Waals surface area contributed by atoms with Crippen molar-refractivity contribution < 1.29 is 14.3 Å². The first-order valence-electron chi connectivity index (χ1n) is 7.57. The summed E-state index contributed by atoms with van der Waals surface area (Å²) in [6.45, 7) is 0. The monoisotopic (exact) mass is 357 g/mol. The molecule has 0 saturated carbocycles. The minimum absolute atomic E-state index is 0.0528. The van der Waals surface area contributed by atoms with Gasteiger partial charge in [0.05, 0.1) is 13.5 Å². The zero-order valence-corrected chi connectivity index (χ0v) is 14.8. The molecular formula is C18H19N3O3S. The number of methoxy groups -OCH3 is 1. The van der Waals surface area contributed by atoms with Crippen LogP contribution in [0, 0.1) is 0 Å². The second-order valence-electron chi connectivity index (χ2n) is 5.18. The Balaban J connectivity index is 1.90. The van der Waals surface area contributed by atoms with Crippen molar-refractivity contribution in [1.82, 2.24) is 10.6 Å². The third-order valence-electron chi connectivity index (χ3n) is 3.43. The summed E-state index contributed by atoms with van der Waals surface area (Å²) in [6.07, 6.45) is 0.315. The molecule has 0 heterocycles. The van der Waals surface area contributed by atoms with E-state index in [4.69, 9.17) is 17.0 Å². The van der Waals surface area contributed by atoms with E-state index in [0.717, 1.165) is 11.3 Å². The van der Waals surface area contributed by atoms with E-state index in [-0.39, 0.29) is 16.9 Å². The van der Waals surface area contributed by atoms with Gasteiger partial charge in [-0.15, -0.1) is 0 Å². The Morgan fingerprint density at radius 1 is 1.04 bits per heavy atom. The lowest BCUT2D eigenvalue weighted by atomic mass is 10.1. The molecule has 0 aliphatic rings. The molecule has 0 bridgehead atoms. The van der Waals surface area contributed by atoms with Crippen LogP contribution < -0.4 is 20.7 Å². The Bertz CT molecular complexity index is 758. The SMILES string of the molecule is CNC(=O)Cc1ccc(NC(=S)NC(=O)c2ccc(OC)cc2)cc1. The highest BCUT2D eigenvalue weighted by molar-refractivity contribution is 7.80. The van der Waals surface area contributed by atoms with Gasteiger partial charge in [-0.3, -0.25) is 14.9 Å². The smallest absolute Gasteiger partial charge is 0.257 e. The quantitative estimate of drug-likeness (QED) is 0.714. The fraction of sp³-hybridized carbons (Fsp3) is 0.167. The Labute approximate surface area is 151 Å². The molecule has 3 N–H and O–H groups in total. The van der Waals surface area contributed by atoms with Gasteiger partial charge in [-0.05, 0) is 54.2 Å². The number of amides is 2. The number of carbonyl (C=O) groups is 2. The molecule has 0 aliphatic heterocycles. The second kappa shape index (κ2) is 8.79. The topological polar surface area (TPSA) is 79.5 Å². The van der Waals surface area contributed by atoms with Crippen LogP contribution >= 0.6 is 12.2 Å². The molecule has 0 unspecified atom stereocenters. The highest BCUT2D eigenvalue weighted by Gasteiger charge is 2.08. The standard InChI is InChI=1S/C18H19N3O3S/c1-19-16(22)11-12-3-7-14(8-4-12)20-18(25)21-17(23)13-5-9-15(24-2)10-6-13/h3-10H,11H2,1-2H3,(H,19,22)(H2,20,21,23,25). The predicted octanol–water partition coefficient (Wildman–Crippen LogP) is 2.11. The van der Waals surface area contributed by atoms with Crippen molar-refractivity contribution >= 4 is 34.8 Å². The fourth-order valence-corrected chi connectivity index (χ4v) is 2.27. The molecule has 0 saturated heterocycles. The number of thiocarbonyl (C=S) groups is 1. The van der Waals surface area contributed by atoms with Crippen LogP contribution in [-0.2, 0) is 11.2 Å². The first kappa shape index (κ1) is 18.4. The average molecular weight is 357 g/mol. The summed E-state index contributed by atoms with van der Waals surface area (Å²) in [5, 5.41) is 8.32. The minimum atomic E-state index is -0.309. The summed E-state index contributed by atoms with van der Waals surface area (Å²) >= 11 is 5.15. The minimum Gasteiger partial charge on any atom is -0.497 e. The van der Waals surface area contributed by atoms with Crippen molar-refractivity contribution in [3.63, 3.8) is 0 Å². The van der Waals surface area contributed by atoms with E-state index in [1.807, 2.05) is 12.1 Å². The molecule has 0 atom stereocenters. The zero-order chi connectivity index (χ0) is 18.2. The van der Waals surface area contributed by atoms with Crippen LogP contribution in [0.15, 0.2) is 48.5 Å². The molecular weight excluding hydrogens is 338 g/mol. The molecule has 2 aromatic carbocycles. The molecule has 0 aliphatic carbocycles. The number of likely N-dealkylation sites (N-methyl/N-ethyl adjacent to an activating group) is 1. The number of nitrogens with one attached hydrogen (secondary N) is 3. The molecule has 7 heteroatoms. The summed E-state index contributed by atoms with van der Waals surface area (Å²) in [5.74, 6) is 0.313. The third kappa shape index (κ3) is 5.58. The molecule has 0 fully saturated rings. The van der Waals surface area contributed by atoms with Crippen LogP contribution in [0.25, 0.3) is 0 Å². The van der Waals surface area contributed by atoms with Crippen LogP contribution in [0.5, 0.6) is 5.75 Å². The lowest BCUT2D eigenvalue weighted by Gasteiger charge is -2.10. The molecule has 0 aromatic heterocycles. The zero-order valence-electron chi connectivity index (χ0n) is 14.0. The van der Waals surface area contributed by atoms with Gasteiger partial charge in [0.1, 0.15) is 5.75 Å². The average Bonchev–Trinajstić information content (AvgIpc) is 2.63. The first-order valence-corrected chi connectivity index (χ1v) is 7.98. The normalized spacial score (nSPS) is 9.84. The molecule has 0 radical (unpaired) electrons. The Morgan fingerprint density at radius 3 is 2.24 bits per heavy atom. The number of benzene rings is 2. The number of anilines is 1. The van der Waals surface area contributed by atoms with Crippen molar-refractivity contribution in [1.29, 1.82) is 0 Å². The summed E-state index contributed by atoms with van der Waals surface area (Å²) in [7, 11) is 3.16. The first-order chi connectivity index (χ1) is 12.0. The fourth-order valence-electron chi connectivity index (χ4n) is 2.06. The lowest BCUT2D eigenvalue weighted by Crippen LogP contribution is -2.34. The van der Waals surface area contributed by atoms with Gasteiger partial charge in [-0.1, -0.05) is 12.1 Å². The summed E-state index contributed by atoms with van der Waals surface area (Å²) in [6, 6.07) is 14.0. The summed E-state index contributed by atoms with van der Waals surface area (Å²) in [5.41, 5.74) is 2.09. The van der Waals surface area contributed by atoms with E-state index >= 15 is 0 Å². The molecule has 2 aromatic rings. The molecule has 130 valence electrons. The van der Waals surface area contributed by atoms with Crippen LogP contribution in [0.1, 0.15) is 15.9 Å². The summed E-state index contributed by atoms with van der Waals surface area (Å²) < 4.78 is 5.05. The van der Waals surface area contributed by atoms with Crippen molar-refractivity contribution in [2.45, 2.75) is 6.42 Å². The predicted molar refractivity (Wildman–Crippen MR) is 101 cm³/mol. The molecule has 6 nitrogen and oxygen atoms in total. The molecule has 2 amide bonds. The van der Waals surface area contributed by atoms with Gasteiger partial charge >= 0.3 is 0 Å². The lowest BCUT2D eigenvalue weighted by molar-refractivity contribution is -0.119. The van der Waals surface area contributed by atoms with Gasteiger partial charge in [0.25, 0.3) is 5.91 Å². The number of hydrogen-bond acceptors (Lipinski definition) is 4. The Kier molecular flexibility index (Phi) is 6.47. The van der Waals surface area contributed by atoms with Crippen LogP contribution in [-0.4, -0.2) is 31.1 Å². The number of ether oxygens (including phenoxy) is 1. The summed E-state index contributed by atoms with van der Waals surface area (Å²) in [4.78, 5) is 23.5. The van der Waals surface area contributed by atoms with Gasteiger partial charge in [0.2, 0.25) is 5.91 Å². The van der Waals surface area contributed by atoms with E-state index in [1.54, 1.807) is 50.6 Å². The van der Waals surface area contributed by atoms with Gasteiger partial charge in [0, 0.05) is 18.3 Å². The molecule has 2 rings (SSSR count). The number of rotatable bonds is 5. The third-order valence-corrected chi connectivity index (χ3v) is 3.64. The van der Waals surface area contributed by atoms with Crippen molar-refractivity contribution in [2.75, 3.05) is 19.5 Å². The van der Waals surface area contributed by atoms with Crippen LogP contribution in [0.2, 0.25) is 0 Å². The van der Waals surface area contributed by atoms with E-state index in [1.165, 1.54) is 0 Å². The molecule has 25 heavy (non-hydrogen) atoms. The van der Waals surface area contributed by atoms with E-state index < -0.39 is 0 Å². The highest BCUT2D eigenvalue weighted by atomic mass is 32.1. The Morgan fingerprint density at radius 2 is 1.68 bits per heavy atom. The maximum Gasteiger partial charge on any atom is 0.257 e. The van der Waals surface area contributed by atoms with Gasteiger partial charge in [0.15, 0.2) is 5.11 Å². The van der Waals surface area contributed by atoms with Gasteiger partial charge in [-0.25, -0.2) is 0 Å². The van der Waals surface area contributed by atoms with Crippen molar-refractivity contribution in [2.24, 2.45) is 0 Å². The van der Waals surface area contributed by atoms with E-state index in [2.05, 4.69) is 16.0 Å². The van der Waals surface area contributed by atoms with Crippen molar-refractivity contribution in [3.8, 4) is 5.75 Å². The van der Waals surface area contributed by atoms with Crippen molar-refractivity contribution in [3.05, 3.63) is 59.7 Å². The Hall–Kier alpha value is -2.93. The number of carbonyl (C=O) groups excluding carboxylic acids is 2. The van der Waals surface area contributed by atoms with Gasteiger partial charge in [-0.2, -0.15) is 0 Å². The number of hydrogen-bond donors (Lipinski definition) is 3. The van der Waals surface area contributed by atoms with E-state index in [9.17, 15) is 9.59 Å².